The summed E-state index contributed by atoms with van der Waals surface area (Å²) in [5.74, 6) is 0.358. The summed E-state index contributed by atoms with van der Waals surface area (Å²) in [5.41, 5.74) is 0.611. The lowest BCUT2D eigenvalue weighted by Crippen LogP contribution is -2.40. The summed E-state index contributed by atoms with van der Waals surface area (Å²) < 4.78 is 5.20. The van der Waals surface area contributed by atoms with Crippen LogP contribution in [0.3, 0.4) is 0 Å². The van der Waals surface area contributed by atoms with E-state index in [2.05, 4.69) is 12.2 Å². The van der Waals surface area contributed by atoms with E-state index in [1.807, 2.05) is 26.0 Å². The van der Waals surface area contributed by atoms with Gasteiger partial charge in [-0.1, -0.05) is 32.4 Å². The first-order valence-electron chi connectivity index (χ1n) is 7.75. The smallest absolute Gasteiger partial charge is 0.244 e. The highest BCUT2D eigenvalue weighted by atomic mass is 16.5. The highest BCUT2D eigenvalue weighted by Crippen LogP contribution is 2.22. The number of hydrogen-bond donors (Lipinski definition) is 1. The number of likely N-dealkylation sites (N-methyl/N-ethyl adjacent to an activating group) is 1. The molecule has 0 radical (unpaired) electrons. The number of rotatable bonds is 8. The molecule has 0 saturated heterocycles. The average Bonchev–Trinajstić information content (AvgIpc) is 2.52. The van der Waals surface area contributed by atoms with Crippen LogP contribution in [0.5, 0.6) is 5.75 Å². The first-order valence-corrected chi connectivity index (χ1v) is 7.75. The van der Waals surface area contributed by atoms with Gasteiger partial charge in [0.05, 0.1) is 19.3 Å². The molecule has 1 N–H and O–H groups in total. The van der Waals surface area contributed by atoms with Gasteiger partial charge in [0.1, 0.15) is 5.75 Å². The fourth-order valence-corrected chi connectivity index (χ4v) is 2.32. The minimum atomic E-state index is -0.219. The molecule has 0 bridgehead atoms. The van der Waals surface area contributed by atoms with E-state index < -0.39 is 0 Å². The molecule has 5 heteroatoms. The Labute approximate surface area is 132 Å². The van der Waals surface area contributed by atoms with Crippen LogP contribution in [0.4, 0.5) is 5.69 Å². The Hall–Kier alpha value is -2.04. The highest BCUT2D eigenvalue weighted by molar-refractivity contribution is 5.95. The third kappa shape index (κ3) is 5.06. The Kier molecular flexibility index (Phi) is 7.43. The molecule has 0 aliphatic heterocycles. The fourth-order valence-electron chi connectivity index (χ4n) is 2.32. The van der Waals surface area contributed by atoms with Crippen molar-refractivity contribution in [2.24, 2.45) is 5.92 Å². The fraction of sp³-hybridized carbons (Fsp3) is 0.529. The summed E-state index contributed by atoms with van der Waals surface area (Å²) in [5, 5.41) is 2.79. The van der Waals surface area contributed by atoms with E-state index in [1.54, 1.807) is 24.1 Å². The largest absolute Gasteiger partial charge is 0.495 e. The average molecular weight is 306 g/mol. The summed E-state index contributed by atoms with van der Waals surface area (Å²) in [7, 11) is 1.55. The molecular weight excluding hydrogens is 280 g/mol. The molecule has 0 saturated carbocycles. The van der Waals surface area contributed by atoms with Crippen LogP contribution >= 0.6 is 0 Å². The number of nitrogens with zero attached hydrogens (tertiary/aromatic N) is 1. The summed E-state index contributed by atoms with van der Waals surface area (Å²) in [6.07, 6.45) is 1.79. The van der Waals surface area contributed by atoms with Crippen molar-refractivity contribution < 1.29 is 14.3 Å². The second-order valence-corrected chi connectivity index (χ2v) is 5.29. The molecule has 1 atom stereocenters. The van der Waals surface area contributed by atoms with E-state index in [4.69, 9.17) is 4.74 Å². The van der Waals surface area contributed by atoms with Gasteiger partial charge in [0, 0.05) is 12.5 Å². The summed E-state index contributed by atoms with van der Waals surface area (Å²) in [6.45, 7) is 6.42. The van der Waals surface area contributed by atoms with Gasteiger partial charge >= 0.3 is 0 Å². The normalized spacial score (nSPS) is 11.6. The highest BCUT2D eigenvalue weighted by Gasteiger charge is 2.21. The third-order valence-electron chi connectivity index (χ3n) is 3.55. The minimum Gasteiger partial charge on any atom is -0.495 e. The Bertz CT molecular complexity index is 502. The number of nitrogens with one attached hydrogen (secondary N) is 1. The number of methoxy groups -OCH3 is 1. The first kappa shape index (κ1) is 18.0. The van der Waals surface area contributed by atoms with Gasteiger partial charge in [-0.05, 0) is 25.5 Å². The molecule has 5 nitrogen and oxygen atoms in total. The number of benzene rings is 1. The maximum absolute atomic E-state index is 12.3. The van der Waals surface area contributed by atoms with Crippen molar-refractivity contribution >= 4 is 17.5 Å². The quantitative estimate of drug-likeness (QED) is 0.803. The summed E-state index contributed by atoms with van der Waals surface area (Å²) in [6, 6.07) is 7.21. The SMILES string of the molecule is CCCC(C)C(=O)N(CC)CC(=O)Nc1ccccc1OC. The molecule has 1 rings (SSSR count). The summed E-state index contributed by atoms with van der Waals surface area (Å²) >= 11 is 0. The second kappa shape index (κ2) is 9.07. The molecular formula is C17H26N2O3. The Balaban J connectivity index is 2.67. The van der Waals surface area contributed by atoms with Crippen LogP contribution in [-0.4, -0.2) is 36.9 Å². The van der Waals surface area contributed by atoms with Crippen LogP contribution in [-0.2, 0) is 9.59 Å². The molecule has 0 aliphatic rings. The maximum Gasteiger partial charge on any atom is 0.244 e. The second-order valence-electron chi connectivity index (χ2n) is 5.29. The predicted octanol–water partition coefficient (Wildman–Crippen LogP) is 2.92. The zero-order chi connectivity index (χ0) is 16.5. The predicted molar refractivity (Wildman–Crippen MR) is 87.9 cm³/mol. The molecule has 2 amide bonds. The van der Waals surface area contributed by atoms with Gasteiger partial charge in [0.25, 0.3) is 0 Å². The van der Waals surface area contributed by atoms with Crippen molar-refractivity contribution in [1.82, 2.24) is 4.90 Å². The van der Waals surface area contributed by atoms with Crippen molar-refractivity contribution in [1.29, 1.82) is 0 Å². The first-order chi connectivity index (χ1) is 10.5. The number of carbonyl (C=O) groups is 2. The van der Waals surface area contributed by atoms with E-state index in [1.165, 1.54) is 0 Å². The number of hydrogen-bond acceptors (Lipinski definition) is 3. The lowest BCUT2D eigenvalue weighted by atomic mass is 10.0. The molecule has 0 spiro atoms. The van der Waals surface area contributed by atoms with Gasteiger partial charge in [-0.2, -0.15) is 0 Å². The van der Waals surface area contributed by atoms with E-state index in [0.717, 1.165) is 12.8 Å². The van der Waals surface area contributed by atoms with Crippen LogP contribution < -0.4 is 10.1 Å². The molecule has 22 heavy (non-hydrogen) atoms. The monoisotopic (exact) mass is 306 g/mol. The van der Waals surface area contributed by atoms with E-state index in [-0.39, 0.29) is 24.3 Å². The topological polar surface area (TPSA) is 58.6 Å². The van der Waals surface area contributed by atoms with Crippen LogP contribution in [0.1, 0.15) is 33.6 Å². The van der Waals surface area contributed by atoms with E-state index in [9.17, 15) is 9.59 Å². The van der Waals surface area contributed by atoms with Crippen molar-refractivity contribution in [3.8, 4) is 5.75 Å². The maximum atomic E-state index is 12.3. The number of amides is 2. The zero-order valence-corrected chi connectivity index (χ0v) is 13.9. The lowest BCUT2D eigenvalue weighted by Gasteiger charge is -2.24. The number of carbonyl (C=O) groups excluding carboxylic acids is 2. The van der Waals surface area contributed by atoms with Gasteiger partial charge in [-0.25, -0.2) is 0 Å². The summed E-state index contributed by atoms with van der Waals surface area (Å²) in [4.78, 5) is 26.1. The van der Waals surface area contributed by atoms with Crippen molar-refractivity contribution in [3.63, 3.8) is 0 Å². The number of ether oxygens (including phenoxy) is 1. The molecule has 0 aromatic heterocycles. The zero-order valence-electron chi connectivity index (χ0n) is 13.9. The standard InChI is InChI=1S/C17H26N2O3/c1-5-9-13(3)17(21)19(6-2)12-16(20)18-14-10-7-8-11-15(14)22-4/h7-8,10-11,13H,5-6,9,12H2,1-4H3,(H,18,20). The van der Waals surface area contributed by atoms with Crippen molar-refractivity contribution in [2.45, 2.75) is 33.6 Å². The molecule has 0 aliphatic carbocycles. The van der Waals surface area contributed by atoms with Gasteiger partial charge < -0.3 is 15.0 Å². The Morgan fingerprint density at radius 1 is 1.27 bits per heavy atom. The van der Waals surface area contributed by atoms with Gasteiger partial charge in [-0.3, -0.25) is 9.59 Å². The number of para-hydroxylation sites is 2. The van der Waals surface area contributed by atoms with Gasteiger partial charge in [-0.15, -0.1) is 0 Å². The van der Waals surface area contributed by atoms with Crippen LogP contribution in [0.15, 0.2) is 24.3 Å². The minimum absolute atomic E-state index is 0.0273. The van der Waals surface area contributed by atoms with Crippen LogP contribution in [0.25, 0.3) is 0 Å². The Morgan fingerprint density at radius 2 is 1.95 bits per heavy atom. The molecule has 122 valence electrons. The Morgan fingerprint density at radius 3 is 2.55 bits per heavy atom. The molecule has 1 unspecified atom stereocenters. The molecule has 1 aromatic rings. The van der Waals surface area contributed by atoms with E-state index >= 15 is 0 Å². The van der Waals surface area contributed by atoms with Gasteiger partial charge in [0.2, 0.25) is 11.8 Å². The molecule has 0 fully saturated rings. The van der Waals surface area contributed by atoms with E-state index in [0.29, 0.717) is 18.0 Å². The lowest BCUT2D eigenvalue weighted by molar-refractivity contribution is -0.137. The third-order valence-corrected chi connectivity index (χ3v) is 3.55. The van der Waals surface area contributed by atoms with Crippen molar-refractivity contribution in [3.05, 3.63) is 24.3 Å². The van der Waals surface area contributed by atoms with Gasteiger partial charge in [0.15, 0.2) is 0 Å². The molecule has 0 heterocycles. The van der Waals surface area contributed by atoms with Crippen molar-refractivity contribution in [2.75, 3.05) is 25.5 Å². The molecule has 1 aromatic carbocycles. The van der Waals surface area contributed by atoms with Crippen LogP contribution in [0, 0.1) is 5.92 Å². The van der Waals surface area contributed by atoms with Crippen LogP contribution in [0.2, 0.25) is 0 Å². The number of anilines is 1.